The number of nitrogens with zero attached hydrogens (tertiary/aromatic N) is 2. The molecule has 0 aliphatic heterocycles. The molecule has 1 aromatic carbocycles. The first kappa shape index (κ1) is 33.6. The molecule has 2 aromatic rings. The topological polar surface area (TPSA) is 35.0 Å². The van der Waals surface area contributed by atoms with Crippen LogP contribution >= 0.6 is 0 Å². The molecule has 3 rings (SSSR count). The average molecular weight is 563 g/mol. The van der Waals surface area contributed by atoms with Crippen LogP contribution in [0.5, 0.6) is 5.75 Å². The molecule has 0 saturated heterocycles. The van der Waals surface area contributed by atoms with Crippen LogP contribution in [-0.2, 0) is 12.8 Å². The maximum absolute atomic E-state index is 6.20. The van der Waals surface area contributed by atoms with Crippen LogP contribution in [0.25, 0.3) is 0 Å². The number of aromatic nitrogens is 2. The van der Waals surface area contributed by atoms with E-state index in [4.69, 9.17) is 14.7 Å². The van der Waals surface area contributed by atoms with Gasteiger partial charge >= 0.3 is 0 Å². The molecule has 3 heteroatoms. The van der Waals surface area contributed by atoms with Crippen LogP contribution < -0.4 is 4.74 Å². The van der Waals surface area contributed by atoms with Crippen molar-refractivity contribution in [3.8, 4) is 5.75 Å². The highest BCUT2D eigenvalue weighted by molar-refractivity contribution is 5.27. The summed E-state index contributed by atoms with van der Waals surface area (Å²) in [6.45, 7) is 5.41. The number of hydrogen-bond donors (Lipinski definition) is 0. The average Bonchev–Trinajstić information content (AvgIpc) is 3.02. The van der Waals surface area contributed by atoms with E-state index in [0.717, 1.165) is 24.6 Å². The molecule has 230 valence electrons. The predicted octanol–water partition coefficient (Wildman–Crippen LogP) is 11.6. The first-order chi connectivity index (χ1) is 20.3. The second-order valence-corrected chi connectivity index (χ2v) is 12.9. The fourth-order valence-corrected chi connectivity index (χ4v) is 6.36. The lowest BCUT2D eigenvalue weighted by atomic mass is 9.82. The van der Waals surface area contributed by atoms with Gasteiger partial charge < -0.3 is 4.74 Å². The molecule has 0 unspecified atom stereocenters. The Hall–Kier alpha value is -1.90. The van der Waals surface area contributed by atoms with Crippen LogP contribution in [0.2, 0.25) is 0 Å². The molecular weight excluding hydrogens is 500 g/mol. The minimum Gasteiger partial charge on any atom is -0.493 e. The number of ether oxygens (including phenoxy) is 1. The van der Waals surface area contributed by atoms with Crippen molar-refractivity contribution in [3.05, 3.63) is 53.6 Å². The van der Waals surface area contributed by atoms with Gasteiger partial charge in [0, 0.05) is 18.3 Å². The molecule has 0 spiro atoms. The van der Waals surface area contributed by atoms with Crippen molar-refractivity contribution in [2.45, 2.75) is 167 Å². The third-order valence-electron chi connectivity index (χ3n) is 9.23. The van der Waals surface area contributed by atoms with Gasteiger partial charge in [-0.2, -0.15) is 0 Å². The lowest BCUT2D eigenvalue weighted by Crippen LogP contribution is -2.20. The molecule has 0 atom stereocenters. The van der Waals surface area contributed by atoms with Crippen molar-refractivity contribution in [1.82, 2.24) is 9.97 Å². The van der Waals surface area contributed by atoms with Crippen molar-refractivity contribution >= 4 is 0 Å². The van der Waals surface area contributed by atoms with Gasteiger partial charge in [-0.05, 0) is 80.5 Å². The van der Waals surface area contributed by atoms with Crippen LogP contribution in [0.4, 0.5) is 0 Å². The Morgan fingerprint density at radius 2 is 1.02 bits per heavy atom. The fraction of sp³-hybridized carbons (Fsp3) is 0.737. The highest BCUT2D eigenvalue weighted by Gasteiger charge is 2.24. The fourth-order valence-electron chi connectivity index (χ4n) is 6.36. The lowest BCUT2D eigenvalue weighted by molar-refractivity contribution is 0.198. The van der Waals surface area contributed by atoms with Gasteiger partial charge in [-0.25, -0.2) is 9.97 Å². The van der Waals surface area contributed by atoms with E-state index >= 15 is 0 Å². The minimum absolute atomic E-state index is 0.518. The van der Waals surface area contributed by atoms with E-state index in [0.29, 0.717) is 11.8 Å². The van der Waals surface area contributed by atoms with Crippen LogP contribution in [0, 0.1) is 5.92 Å². The molecule has 1 aliphatic carbocycles. The largest absolute Gasteiger partial charge is 0.493 e. The summed E-state index contributed by atoms with van der Waals surface area (Å²) >= 11 is 0. The van der Waals surface area contributed by atoms with Gasteiger partial charge in [0.2, 0.25) is 0 Å². The molecule has 1 aliphatic rings. The summed E-state index contributed by atoms with van der Waals surface area (Å²) in [6.07, 6.45) is 34.8. The Labute approximate surface area is 253 Å². The Morgan fingerprint density at radius 3 is 1.54 bits per heavy atom. The maximum Gasteiger partial charge on any atom is 0.131 e. The molecule has 0 bridgehead atoms. The standard InChI is InChI=1S/C38H62N2O/c1-3-5-7-9-11-12-13-15-16-18-20-33-24-28-37(29-25-33)41-32-34-22-26-36(27-23-34)38-39-30-35(31-40-38)21-19-17-14-10-8-6-4-2/h24-25,28-31,34,36H,3-23,26-27,32H2,1-2H3. The van der Waals surface area contributed by atoms with Gasteiger partial charge in [0.25, 0.3) is 0 Å². The summed E-state index contributed by atoms with van der Waals surface area (Å²) in [5, 5.41) is 0. The van der Waals surface area contributed by atoms with E-state index in [1.54, 1.807) is 0 Å². The Bertz CT molecular complexity index is 870. The summed E-state index contributed by atoms with van der Waals surface area (Å²) < 4.78 is 6.20. The number of benzene rings is 1. The first-order valence-electron chi connectivity index (χ1n) is 17.8. The van der Waals surface area contributed by atoms with E-state index in [1.165, 1.54) is 152 Å². The van der Waals surface area contributed by atoms with Gasteiger partial charge in [-0.15, -0.1) is 0 Å². The Morgan fingerprint density at radius 1 is 0.561 bits per heavy atom. The molecule has 41 heavy (non-hydrogen) atoms. The van der Waals surface area contributed by atoms with Crippen molar-refractivity contribution in [2.75, 3.05) is 6.61 Å². The summed E-state index contributed by atoms with van der Waals surface area (Å²) in [7, 11) is 0. The zero-order valence-electron chi connectivity index (χ0n) is 26.9. The summed E-state index contributed by atoms with van der Waals surface area (Å²) in [6, 6.07) is 8.90. The third-order valence-corrected chi connectivity index (χ3v) is 9.23. The van der Waals surface area contributed by atoms with Crippen molar-refractivity contribution in [2.24, 2.45) is 5.92 Å². The summed E-state index contributed by atoms with van der Waals surface area (Å²) in [5.74, 6) is 3.25. The van der Waals surface area contributed by atoms with Crippen molar-refractivity contribution in [1.29, 1.82) is 0 Å². The maximum atomic E-state index is 6.20. The lowest BCUT2D eigenvalue weighted by Gasteiger charge is -2.27. The summed E-state index contributed by atoms with van der Waals surface area (Å²) in [5.41, 5.74) is 2.75. The minimum atomic E-state index is 0.518. The predicted molar refractivity (Wildman–Crippen MR) is 176 cm³/mol. The van der Waals surface area contributed by atoms with E-state index in [9.17, 15) is 0 Å². The van der Waals surface area contributed by atoms with Gasteiger partial charge in [-0.1, -0.05) is 122 Å². The van der Waals surface area contributed by atoms with E-state index in [2.05, 4.69) is 50.5 Å². The smallest absolute Gasteiger partial charge is 0.131 e. The van der Waals surface area contributed by atoms with Gasteiger partial charge in [0.15, 0.2) is 0 Å². The van der Waals surface area contributed by atoms with Crippen molar-refractivity contribution < 1.29 is 4.74 Å². The van der Waals surface area contributed by atoms with Crippen LogP contribution in [0.3, 0.4) is 0 Å². The number of rotatable bonds is 23. The first-order valence-corrected chi connectivity index (χ1v) is 17.8. The Kier molecular flexibility index (Phi) is 17.8. The molecule has 3 nitrogen and oxygen atoms in total. The molecule has 1 fully saturated rings. The molecule has 1 aromatic heterocycles. The molecule has 0 amide bonds. The second kappa shape index (κ2) is 21.8. The highest BCUT2D eigenvalue weighted by atomic mass is 16.5. The zero-order valence-corrected chi connectivity index (χ0v) is 26.9. The molecule has 1 saturated carbocycles. The molecule has 1 heterocycles. The van der Waals surface area contributed by atoms with Crippen LogP contribution in [0.1, 0.15) is 172 Å². The van der Waals surface area contributed by atoms with Crippen molar-refractivity contribution in [3.63, 3.8) is 0 Å². The second-order valence-electron chi connectivity index (χ2n) is 12.9. The molecular formula is C38H62N2O. The third kappa shape index (κ3) is 14.7. The van der Waals surface area contributed by atoms with E-state index < -0.39 is 0 Å². The monoisotopic (exact) mass is 562 g/mol. The van der Waals surface area contributed by atoms with Gasteiger partial charge in [0.05, 0.1) is 6.61 Å². The Balaban J connectivity index is 1.22. The number of aryl methyl sites for hydroxylation is 2. The van der Waals surface area contributed by atoms with Gasteiger partial charge in [0.1, 0.15) is 11.6 Å². The number of unbranched alkanes of at least 4 members (excludes halogenated alkanes) is 15. The van der Waals surface area contributed by atoms with Crippen LogP contribution in [-0.4, -0.2) is 16.6 Å². The molecule has 0 N–H and O–H groups in total. The molecule has 0 radical (unpaired) electrons. The highest BCUT2D eigenvalue weighted by Crippen LogP contribution is 2.34. The van der Waals surface area contributed by atoms with Gasteiger partial charge in [-0.3, -0.25) is 0 Å². The normalized spacial score (nSPS) is 17.1. The van der Waals surface area contributed by atoms with E-state index in [-0.39, 0.29) is 0 Å². The van der Waals surface area contributed by atoms with Crippen LogP contribution in [0.15, 0.2) is 36.7 Å². The van der Waals surface area contributed by atoms with E-state index in [1.807, 2.05) is 0 Å². The quantitative estimate of drug-likeness (QED) is 0.126. The zero-order chi connectivity index (χ0) is 28.8. The SMILES string of the molecule is CCCCCCCCCCCCc1ccc(OCC2CCC(c3ncc(CCCCCCCCC)cn3)CC2)cc1. The number of hydrogen-bond acceptors (Lipinski definition) is 3. The summed E-state index contributed by atoms with van der Waals surface area (Å²) in [4.78, 5) is 9.56.